The van der Waals surface area contributed by atoms with Gasteiger partial charge < -0.3 is 4.74 Å². The maximum Gasteiger partial charge on any atom is 0.154 e. The third kappa shape index (κ3) is 4.43. The van der Waals surface area contributed by atoms with Crippen LogP contribution in [0.2, 0.25) is 0 Å². The Morgan fingerprint density at radius 1 is 1.44 bits per heavy atom. The number of hydrogen-bond donors (Lipinski definition) is 0. The first-order valence-electron chi connectivity index (χ1n) is 5.36. The van der Waals surface area contributed by atoms with Crippen LogP contribution in [0.25, 0.3) is 0 Å². The van der Waals surface area contributed by atoms with Crippen molar-refractivity contribution in [2.45, 2.75) is 12.2 Å². The highest BCUT2D eigenvalue weighted by molar-refractivity contribution is 7.90. The molecule has 0 spiro atoms. The molecule has 4 nitrogen and oxygen atoms in total. The van der Waals surface area contributed by atoms with Crippen LogP contribution >= 0.6 is 0 Å². The van der Waals surface area contributed by atoms with E-state index in [1.807, 2.05) is 0 Å². The fraction of sp³-hybridized carbons (Fsp3) is 0.417. The lowest BCUT2D eigenvalue weighted by atomic mass is 10.1. The molecule has 0 aliphatic rings. The highest BCUT2D eigenvalue weighted by Gasteiger charge is 2.15. The van der Waals surface area contributed by atoms with Crippen molar-refractivity contribution in [1.82, 2.24) is 0 Å². The molecule has 6 heteroatoms. The zero-order chi connectivity index (χ0) is 13.6. The average molecular weight is 271 g/mol. The number of hydrogen-bond acceptors (Lipinski definition) is 4. The van der Waals surface area contributed by atoms with Gasteiger partial charge in [0.25, 0.3) is 0 Å². The molecule has 0 aromatic heterocycles. The highest BCUT2D eigenvalue weighted by Crippen LogP contribution is 2.14. The average Bonchev–Trinajstić information content (AvgIpc) is 2.31. The zero-order valence-electron chi connectivity index (χ0n) is 10.0. The molecule has 1 aromatic carbocycles. The zero-order valence-corrected chi connectivity index (χ0v) is 10.8. The number of benzene rings is 1. The number of ether oxygens (including phenoxy) is 1. The van der Waals surface area contributed by atoms with Crippen molar-refractivity contribution in [2.24, 2.45) is 0 Å². The molecule has 0 saturated carbocycles. The lowest BCUT2D eigenvalue weighted by molar-refractivity contribution is 0.199. The molecule has 0 N–H and O–H groups in total. The van der Waals surface area contributed by atoms with E-state index in [0.717, 1.165) is 6.07 Å². The fourth-order valence-electron chi connectivity index (χ4n) is 1.47. The summed E-state index contributed by atoms with van der Waals surface area (Å²) in [5, 5.41) is 8.58. The van der Waals surface area contributed by atoms with Crippen molar-refractivity contribution in [3.8, 4) is 6.07 Å². The Kier molecular flexibility index (Phi) is 5.25. The summed E-state index contributed by atoms with van der Waals surface area (Å²) in [6, 6.07) is 5.58. The van der Waals surface area contributed by atoms with Gasteiger partial charge in [-0.15, -0.1) is 0 Å². The van der Waals surface area contributed by atoms with E-state index in [2.05, 4.69) is 0 Å². The van der Waals surface area contributed by atoms with Crippen LogP contribution in [-0.4, -0.2) is 27.9 Å². The molecule has 98 valence electrons. The number of methoxy groups -OCH3 is 1. The summed E-state index contributed by atoms with van der Waals surface area (Å²) in [6.07, 6.45) is 0.386. The van der Waals surface area contributed by atoms with Crippen molar-refractivity contribution in [3.05, 3.63) is 35.1 Å². The Bertz CT molecular complexity index is 549. The van der Waals surface area contributed by atoms with Crippen LogP contribution in [0.4, 0.5) is 4.39 Å². The van der Waals surface area contributed by atoms with E-state index >= 15 is 0 Å². The number of nitriles is 1. The maximum atomic E-state index is 13.5. The Labute approximate surface area is 106 Å². The number of halogens is 1. The third-order valence-electron chi connectivity index (χ3n) is 2.36. The molecule has 0 heterocycles. The van der Waals surface area contributed by atoms with Gasteiger partial charge in [-0.25, -0.2) is 12.8 Å². The minimum atomic E-state index is -3.35. The standard InChI is InChI=1S/C12H14FNO3S/c1-17-5-2-6-18(15,16)9-11-4-3-10(8-14)7-12(11)13/h3-4,7H,2,5-6,9H2,1H3. The number of sulfone groups is 1. The van der Waals surface area contributed by atoms with Gasteiger partial charge in [0.1, 0.15) is 5.82 Å². The summed E-state index contributed by atoms with van der Waals surface area (Å²) in [5.74, 6) is -1.06. The van der Waals surface area contributed by atoms with E-state index in [1.54, 1.807) is 6.07 Å². The molecule has 0 fully saturated rings. The van der Waals surface area contributed by atoms with Gasteiger partial charge in [0.15, 0.2) is 9.84 Å². The molecule has 0 atom stereocenters. The minimum absolute atomic E-state index is 0.0414. The molecule has 1 aromatic rings. The summed E-state index contributed by atoms with van der Waals surface area (Å²) >= 11 is 0. The van der Waals surface area contributed by atoms with Gasteiger partial charge in [0.2, 0.25) is 0 Å². The first-order valence-corrected chi connectivity index (χ1v) is 7.18. The smallest absolute Gasteiger partial charge is 0.154 e. The van der Waals surface area contributed by atoms with Crippen molar-refractivity contribution in [3.63, 3.8) is 0 Å². The van der Waals surface area contributed by atoms with Gasteiger partial charge in [0.05, 0.1) is 23.1 Å². The number of nitrogens with zero attached hydrogens (tertiary/aromatic N) is 1. The van der Waals surface area contributed by atoms with E-state index < -0.39 is 15.7 Å². The van der Waals surface area contributed by atoms with E-state index in [4.69, 9.17) is 10.00 Å². The van der Waals surface area contributed by atoms with Gasteiger partial charge >= 0.3 is 0 Å². The normalized spacial score (nSPS) is 11.2. The quantitative estimate of drug-likeness (QED) is 0.738. The van der Waals surface area contributed by atoms with Crippen LogP contribution < -0.4 is 0 Å². The second kappa shape index (κ2) is 6.47. The Balaban J connectivity index is 2.75. The second-order valence-electron chi connectivity index (χ2n) is 3.86. The van der Waals surface area contributed by atoms with Crippen molar-refractivity contribution >= 4 is 9.84 Å². The van der Waals surface area contributed by atoms with E-state index in [-0.39, 0.29) is 22.6 Å². The molecular formula is C12H14FNO3S. The summed E-state index contributed by atoms with van der Waals surface area (Å²) in [5.41, 5.74) is 0.263. The molecule has 0 bridgehead atoms. The molecule has 0 aliphatic heterocycles. The largest absolute Gasteiger partial charge is 0.385 e. The van der Waals surface area contributed by atoms with Crippen LogP contribution in [0.1, 0.15) is 17.5 Å². The van der Waals surface area contributed by atoms with E-state index in [1.165, 1.54) is 19.2 Å². The monoisotopic (exact) mass is 271 g/mol. The van der Waals surface area contributed by atoms with Gasteiger partial charge in [-0.05, 0) is 18.6 Å². The van der Waals surface area contributed by atoms with Crippen LogP contribution in [0, 0.1) is 17.1 Å². The Hall–Kier alpha value is -1.45. The molecule has 0 unspecified atom stereocenters. The van der Waals surface area contributed by atoms with E-state index in [0.29, 0.717) is 13.0 Å². The van der Waals surface area contributed by atoms with Gasteiger partial charge in [-0.3, -0.25) is 0 Å². The Morgan fingerprint density at radius 2 is 2.17 bits per heavy atom. The van der Waals surface area contributed by atoms with Crippen molar-refractivity contribution in [2.75, 3.05) is 19.5 Å². The van der Waals surface area contributed by atoms with Crippen LogP contribution in [0.15, 0.2) is 18.2 Å². The summed E-state index contributed by atoms with van der Waals surface area (Å²) < 4.78 is 41.7. The fourth-order valence-corrected chi connectivity index (χ4v) is 2.88. The van der Waals surface area contributed by atoms with Gasteiger partial charge in [-0.1, -0.05) is 6.07 Å². The summed E-state index contributed by atoms with van der Waals surface area (Å²) in [4.78, 5) is 0. The van der Waals surface area contributed by atoms with Crippen LogP contribution in [0.3, 0.4) is 0 Å². The molecule has 0 radical (unpaired) electrons. The second-order valence-corrected chi connectivity index (χ2v) is 6.04. The predicted octanol–water partition coefficient (Wildman–Crippen LogP) is 1.65. The summed E-state index contributed by atoms with van der Waals surface area (Å²) in [6.45, 7) is 0.356. The lowest BCUT2D eigenvalue weighted by Crippen LogP contribution is -2.12. The first-order chi connectivity index (χ1) is 8.48. The Morgan fingerprint density at radius 3 is 2.72 bits per heavy atom. The topological polar surface area (TPSA) is 67.2 Å². The third-order valence-corrected chi connectivity index (χ3v) is 4.02. The number of rotatable bonds is 6. The molecule has 0 saturated heterocycles. The summed E-state index contributed by atoms with van der Waals surface area (Å²) in [7, 11) is -1.86. The van der Waals surface area contributed by atoms with Gasteiger partial charge in [-0.2, -0.15) is 5.26 Å². The highest BCUT2D eigenvalue weighted by atomic mass is 32.2. The lowest BCUT2D eigenvalue weighted by Gasteiger charge is -2.05. The molecule has 0 amide bonds. The van der Waals surface area contributed by atoms with Crippen molar-refractivity contribution < 1.29 is 17.5 Å². The molecule has 18 heavy (non-hydrogen) atoms. The van der Waals surface area contributed by atoms with E-state index in [9.17, 15) is 12.8 Å². The molecular weight excluding hydrogens is 257 g/mol. The van der Waals surface area contributed by atoms with Crippen LogP contribution in [0.5, 0.6) is 0 Å². The SMILES string of the molecule is COCCCS(=O)(=O)Cc1ccc(C#N)cc1F. The molecule has 1 rings (SSSR count). The first kappa shape index (κ1) is 14.6. The van der Waals surface area contributed by atoms with Gasteiger partial charge in [0, 0.05) is 19.3 Å². The molecule has 0 aliphatic carbocycles. The predicted molar refractivity (Wildman–Crippen MR) is 65.1 cm³/mol. The van der Waals surface area contributed by atoms with Crippen molar-refractivity contribution in [1.29, 1.82) is 5.26 Å². The minimum Gasteiger partial charge on any atom is -0.385 e. The maximum absolute atomic E-state index is 13.5. The van der Waals surface area contributed by atoms with Crippen LogP contribution in [-0.2, 0) is 20.3 Å².